The van der Waals surface area contributed by atoms with Crippen molar-refractivity contribution in [2.45, 2.75) is 6.54 Å². The van der Waals surface area contributed by atoms with Crippen LogP contribution < -0.4 is 5.32 Å². The van der Waals surface area contributed by atoms with Crippen molar-refractivity contribution < 1.29 is 14.6 Å². The van der Waals surface area contributed by atoms with Gasteiger partial charge in [0, 0.05) is 38.8 Å². The number of carbonyl (C=O) groups is 1. The number of para-hydroxylation sites is 1. The summed E-state index contributed by atoms with van der Waals surface area (Å²) in [5, 5.41) is 12.8. The molecule has 0 unspecified atom stereocenters. The van der Waals surface area contributed by atoms with Gasteiger partial charge in [-0.1, -0.05) is 18.2 Å². The molecule has 21 heavy (non-hydrogen) atoms. The number of nitrogens with zero attached hydrogens (tertiary/aromatic N) is 2. The molecule has 0 aliphatic heterocycles. The molecule has 1 aromatic carbocycles. The van der Waals surface area contributed by atoms with Crippen LogP contribution in [0.2, 0.25) is 0 Å². The topological polar surface area (TPSA) is 66.7 Å². The number of hydrogen-bond acceptors (Lipinski definition) is 3. The number of fused-ring (bicyclic) bond motifs is 1. The first-order valence-corrected chi connectivity index (χ1v) is 6.87. The predicted octanol–water partition coefficient (Wildman–Crippen LogP) is 1.74. The van der Waals surface area contributed by atoms with Crippen LogP contribution in [-0.4, -0.2) is 54.5 Å². The average molecular weight is 291 g/mol. The number of ether oxygens (including phenoxy) is 1. The maximum atomic E-state index is 12.0. The van der Waals surface area contributed by atoms with E-state index in [0.29, 0.717) is 13.2 Å². The van der Waals surface area contributed by atoms with E-state index in [-0.39, 0.29) is 12.6 Å². The minimum Gasteiger partial charge on any atom is -0.395 e. The fourth-order valence-electron chi connectivity index (χ4n) is 2.18. The summed E-state index contributed by atoms with van der Waals surface area (Å²) in [6.07, 6.45) is 1.91. The van der Waals surface area contributed by atoms with Crippen LogP contribution >= 0.6 is 0 Å². The summed E-state index contributed by atoms with van der Waals surface area (Å²) in [6.45, 7) is 1.57. The number of hydrogen-bond donors (Lipinski definition) is 2. The molecule has 0 aliphatic rings. The first-order valence-electron chi connectivity index (χ1n) is 6.87. The molecule has 0 saturated carbocycles. The quantitative estimate of drug-likeness (QED) is 0.852. The Morgan fingerprint density at radius 3 is 2.90 bits per heavy atom. The Morgan fingerprint density at radius 2 is 2.19 bits per heavy atom. The minimum atomic E-state index is -0.237. The van der Waals surface area contributed by atoms with E-state index in [1.165, 1.54) is 4.90 Å². The molecular formula is C15H21N3O3. The average Bonchev–Trinajstić information content (AvgIpc) is 2.83. The second-order valence-electron chi connectivity index (χ2n) is 4.82. The zero-order chi connectivity index (χ0) is 15.2. The highest BCUT2D eigenvalue weighted by Gasteiger charge is 2.13. The fourth-order valence-corrected chi connectivity index (χ4v) is 2.18. The zero-order valence-corrected chi connectivity index (χ0v) is 12.4. The monoisotopic (exact) mass is 291 g/mol. The summed E-state index contributed by atoms with van der Waals surface area (Å²) < 4.78 is 7.17. The Hall–Kier alpha value is -2.05. The van der Waals surface area contributed by atoms with Crippen LogP contribution in [0.5, 0.6) is 0 Å². The van der Waals surface area contributed by atoms with Crippen molar-refractivity contribution in [1.82, 2.24) is 9.47 Å². The number of benzene rings is 1. The van der Waals surface area contributed by atoms with Gasteiger partial charge in [-0.3, -0.25) is 0 Å². The van der Waals surface area contributed by atoms with Crippen LogP contribution in [0.3, 0.4) is 0 Å². The fraction of sp³-hybridized carbons (Fsp3) is 0.400. The van der Waals surface area contributed by atoms with E-state index in [2.05, 4.69) is 9.88 Å². The Balaban J connectivity index is 2.25. The Bertz CT molecular complexity index is 609. The first-order chi connectivity index (χ1) is 10.2. The Morgan fingerprint density at radius 1 is 1.43 bits per heavy atom. The molecule has 0 saturated heterocycles. The lowest BCUT2D eigenvalue weighted by molar-refractivity contribution is 0.188. The zero-order valence-electron chi connectivity index (χ0n) is 12.4. The predicted molar refractivity (Wildman–Crippen MR) is 82.5 cm³/mol. The number of aliphatic hydroxyl groups is 1. The summed E-state index contributed by atoms with van der Waals surface area (Å²) in [6, 6.07) is 7.66. The molecule has 0 bridgehead atoms. The smallest absolute Gasteiger partial charge is 0.321 e. The molecule has 6 nitrogen and oxygen atoms in total. The van der Waals surface area contributed by atoms with E-state index in [9.17, 15) is 4.79 Å². The van der Waals surface area contributed by atoms with Crippen LogP contribution in [0.1, 0.15) is 0 Å². The van der Waals surface area contributed by atoms with Crippen molar-refractivity contribution in [2.24, 2.45) is 0 Å². The van der Waals surface area contributed by atoms with Crippen LogP contribution in [0.4, 0.5) is 10.5 Å². The van der Waals surface area contributed by atoms with E-state index in [1.807, 2.05) is 30.5 Å². The van der Waals surface area contributed by atoms with Crippen LogP contribution in [0.25, 0.3) is 10.9 Å². The van der Waals surface area contributed by atoms with Crippen LogP contribution in [-0.2, 0) is 11.3 Å². The van der Waals surface area contributed by atoms with Crippen molar-refractivity contribution in [2.75, 3.05) is 39.2 Å². The van der Waals surface area contributed by atoms with Crippen molar-refractivity contribution in [3.8, 4) is 0 Å². The minimum absolute atomic E-state index is 0.0560. The van der Waals surface area contributed by atoms with Gasteiger partial charge in [-0.05, 0) is 6.07 Å². The molecule has 0 fully saturated rings. The van der Waals surface area contributed by atoms with Crippen LogP contribution in [0.15, 0.2) is 30.5 Å². The molecule has 2 aromatic rings. The third-order valence-electron chi connectivity index (χ3n) is 3.35. The van der Waals surface area contributed by atoms with Gasteiger partial charge >= 0.3 is 6.03 Å². The SMILES string of the molecule is COCCn1cc(NC(=O)N(C)CCO)c2ccccc21. The summed E-state index contributed by atoms with van der Waals surface area (Å²) in [5.74, 6) is 0. The molecule has 2 amide bonds. The summed E-state index contributed by atoms with van der Waals surface area (Å²) in [7, 11) is 3.31. The van der Waals surface area contributed by atoms with Gasteiger partial charge in [0.2, 0.25) is 0 Å². The number of aliphatic hydroxyl groups excluding tert-OH is 1. The standard InChI is InChI=1S/C15H21N3O3/c1-17(7-9-19)15(20)16-13-11-18(8-10-21-2)14-6-4-3-5-12(13)14/h3-6,11,19H,7-10H2,1-2H3,(H,16,20). The van der Waals surface area contributed by atoms with Gasteiger partial charge in [0.1, 0.15) is 0 Å². The molecule has 2 N–H and O–H groups in total. The molecule has 6 heteroatoms. The molecule has 1 heterocycles. The largest absolute Gasteiger partial charge is 0.395 e. The number of rotatable bonds is 6. The van der Waals surface area contributed by atoms with Crippen molar-refractivity contribution >= 4 is 22.6 Å². The second kappa shape index (κ2) is 7.10. The third-order valence-corrected chi connectivity index (χ3v) is 3.35. The number of methoxy groups -OCH3 is 1. The van der Waals surface area contributed by atoms with Gasteiger partial charge in [0.05, 0.1) is 24.4 Å². The summed E-state index contributed by atoms with van der Waals surface area (Å²) in [5.41, 5.74) is 1.81. The number of likely N-dealkylation sites (N-methyl/N-ethyl adjacent to an activating group) is 1. The lowest BCUT2D eigenvalue weighted by Gasteiger charge is -2.16. The van der Waals surface area contributed by atoms with Crippen molar-refractivity contribution in [3.63, 3.8) is 0 Å². The molecule has 0 radical (unpaired) electrons. The maximum absolute atomic E-state index is 12.0. The van der Waals surface area contributed by atoms with Gasteiger partial charge in [-0.25, -0.2) is 4.79 Å². The van der Waals surface area contributed by atoms with Crippen molar-refractivity contribution in [3.05, 3.63) is 30.5 Å². The summed E-state index contributed by atoms with van der Waals surface area (Å²) in [4.78, 5) is 13.5. The third kappa shape index (κ3) is 3.53. The highest BCUT2D eigenvalue weighted by atomic mass is 16.5. The van der Waals surface area contributed by atoms with Gasteiger partial charge in [0.15, 0.2) is 0 Å². The highest BCUT2D eigenvalue weighted by Crippen LogP contribution is 2.26. The second-order valence-corrected chi connectivity index (χ2v) is 4.82. The van der Waals surface area contributed by atoms with Gasteiger partial charge < -0.3 is 24.6 Å². The normalized spacial score (nSPS) is 10.8. The van der Waals surface area contributed by atoms with E-state index < -0.39 is 0 Å². The van der Waals surface area contributed by atoms with E-state index in [4.69, 9.17) is 9.84 Å². The molecule has 1 aromatic heterocycles. The number of anilines is 1. The Labute approximate surface area is 123 Å². The number of carbonyl (C=O) groups excluding carboxylic acids is 1. The van der Waals surface area contributed by atoms with Gasteiger partial charge in [-0.2, -0.15) is 0 Å². The molecule has 0 atom stereocenters. The molecule has 2 rings (SSSR count). The van der Waals surface area contributed by atoms with Gasteiger partial charge in [-0.15, -0.1) is 0 Å². The first kappa shape index (κ1) is 15.3. The Kier molecular flexibility index (Phi) is 5.19. The lowest BCUT2D eigenvalue weighted by Crippen LogP contribution is -2.33. The molecular weight excluding hydrogens is 270 g/mol. The molecule has 0 aliphatic carbocycles. The van der Waals surface area contributed by atoms with E-state index in [1.54, 1.807) is 14.2 Å². The van der Waals surface area contributed by atoms with Gasteiger partial charge in [0.25, 0.3) is 0 Å². The molecule has 0 spiro atoms. The number of nitrogens with one attached hydrogen (secondary N) is 1. The maximum Gasteiger partial charge on any atom is 0.321 e. The number of aromatic nitrogens is 1. The van der Waals surface area contributed by atoms with E-state index >= 15 is 0 Å². The summed E-state index contributed by atoms with van der Waals surface area (Å²) >= 11 is 0. The number of urea groups is 1. The van der Waals surface area contributed by atoms with Crippen molar-refractivity contribution in [1.29, 1.82) is 0 Å². The van der Waals surface area contributed by atoms with E-state index in [0.717, 1.165) is 23.1 Å². The highest BCUT2D eigenvalue weighted by molar-refractivity contribution is 6.01. The lowest BCUT2D eigenvalue weighted by atomic mass is 10.2. The molecule has 114 valence electrons. The van der Waals surface area contributed by atoms with Crippen LogP contribution in [0, 0.1) is 0 Å². The number of amides is 2.